The molecule has 1 aromatic heterocycles. The van der Waals surface area contributed by atoms with Crippen LogP contribution in [0.4, 0.5) is 4.39 Å². The fourth-order valence-corrected chi connectivity index (χ4v) is 4.97. The monoisotopic (exact) mass is 515 g/mol. The molecule has 0 aliphatic heterocycles. The molecule has 1 heterocycles. The zero-order valence-corrected chi connectivity index (χ0v) is 22.7. The van der Waals surface area contributed by atoms with Gasteiger partial charge in [-0.05, 0) is 46.7 Å². The van der Waals surface area contributed by atoms with Crippen LogP contribution in [0.3, 0.4) is 0 Å². The Bertz CT molecular complexity index is 1300. The summed E-state index contributed by atoms with van der Waals surface area (Å²) in [7, 11) is 0. The van der Waals surface area contributed by atoms with Gasteiger partial charge >= 0.3 is 0 Å². The Balaban J connectivity index is 1.47. The molecule has 0 fully saturated rings. The highest BCUT2D eigenvalue weighted by Crippen LogP contribution is 2.24. The van der Waals surface area contributed by atoms with Gasteiger partial charge in [-0.3, -0.25) is 9.69 Å². The lowest BCUT2D eigenvalue weighted by Crippen LogP contribution is -2.27. The molecular formula is C31H34FN3OS. The summed E-state index contributed by atoms with van der Waals surface area (Å²) in [6.07, 6.45) is 0. The van der Waals surface area contributed by atoms with Crippen LogP contribution < -0.4 is 5.32 Å². The molecule has 0 saturated heterocycles. The van der Waals surface area contributed by atoms with E-state index in [1.165, 1.54) is 34.6 Å². The maximum absolute atomic E-state index is 13.5. The van der Waals surface area contributed by atoms with E-state index in [1.54, 1.807) is 0 Å². The molecular weight excluding hydrogens is 481 g/mol. The average Bonchev–Trinajstić information content (AvgIpc) is 3.34. The molecule has 4 nitrogen and oxygen atoms in total. The third kappa shape index (κ3) is 7.57. The van der Waals surface area contributed by atoms with Crippen molar-refractivity contribution in [3.63, 3.8) is 0 Å². The number of aromatic nitrogens is 1. The summed E-state index contributed by atoms with van der Waals surface area (Å²) >= 11 is 1.48. The number of amides is 1. The van der Waals surface area contributed by atoms with Gasteiger partial charge in [-0.15, -0.1) is 11.3 Å². The Labute approximate surface area is 223 Å². The van der Waals surface area contributed by atoms with E-state index < -0.39 is 0 Å². The fraction of sp³-hybridized carbons (Fsp3) is 0.290. The number of hydrogen-bond donors (Lipinski definition) is 1. The second kappa shape index (κ2) is 11.8. The number of carbonyl (C=O) groups excluding carboxylic acids is 1. The summed E-state index contributed by atoms with van der Waals surface area (Å²) in [6.45, 7) is 10.5. The van der Waals surface area contributed by atoms with E-state index in [0.29, 0.717) is 25.3 Å². The summed E-state index contributed by atoms with van der Waals surface area (Å²) in [5.41, 5.74) is 5.09. The number of benzene rings is 3. The number of hydrogen-bond acceptors (Lipinski definition) is 4. The zero-order valence-electron chi connectivity index (χ0n) is 21.9. The van der Waals surface area contributed by atoms with Gasteiger partial charge in [-0.2, -0.15) is 0 Å². The Hall–Kier alpha value is -3.35. The van der Waals surface area contributed by atoms with Crippen molar-refractivity contribution in [2.24, 2.45) is 0 Å². The number of nitrogens with zero attached hydrogens (tertiary/aromatic N) is 2. The van der Waals surface area contributed by atoms with Crippen LogP contribution in [-0.4, -0.2) is 15.8 Å². The van der Waals surface area contributed by atoms with E-state index in [-0.39, 0.29) is 23.2 Å². The summed E-state index contributed by atoms with van der Waals surface area (Å²) in [6, 6.07) is 25.1. The van der Waals surface area contributed by atoms with E-state index >= 15 is 0 Å². The first kappa shape index (κ1) is 26.7. The average molecular weight is 516 g/mol. The summed E-state index contributed by atoms with van der Waals surface area (Å²) in [5, 5.41) is 5.72. The van der Waals surface area contributed by atoms with Crippen molar-refractivity contribution in [1.82, 2.24) is 15.2 Å². The van der Waals surface area contributed by atoms with Gasteiger partial charge in [0.25, 0.3) is 5.91 Å². The molecule has 0 radical (unpaired) electrons. The lowest BCUT2D eigenvalue weighted by atomic mass is 9.87. The minimum Gasteiger partial charge on any atom is -0.344 e. The van der Waals surface area contributed by atoms with Gasteiger partial charge in [0.2, 0.25) is 0 Å². The molecule has 37 heavy (non-hydrogen) atoms. The van der Waals surface area contributed by atoms with Crippen LogP contribution in [0, 0.1) is 5.82 Å². The van der Waals surface area contributed by atoms with Gasteiger partial charge in [0.15, 0.2) is 0 Å². The second-order valence-corrected chi connectivity index (χ2v) is 11.4. The summed E-state index contributed by atoms with van der Waals surface area (Å²) in [4.78, 5) is 19.8. The van der Waals surface area contributed by atoms with E-state index in [0.717, 1.165) is 16.1 Å². The van der Waals surface area contributed by atoms with E-state index in [4.69, 9.17) is 0 Å². The van der Waals surface area contributed by atoms with Crippen molar-refractivity contribution in [2.75, 3.05) is 0 Å². The van der Waals surface area contributed by atoms with Gasteiger partial charge in [-0.1, -0.05) is 87.5 Å². The van der Waals surface area contributed by atoms with Crippen LogP contribution in [0.15, 0.2) is 84.2 Å². The maximum atomic E-state index is 13.5. The van der Waals surface area contributed by atoms with Crippen molar-refractivity contribution >= 4 is 17.2 Å². The Kier molecular flexibility index (Phi) is 8.52. The minimum absolute atomic E-state index is 0.0994. The summed E-state index contributed by atoms with van der Waals surface area (Å²) < 4.78 is 13.5. The first-order valence-corrected chi connectivity index (χ1v) is 13.4. The van der Waals surface area contributed by atoms with Crippen molar-refractivity contribution < 1.29 is 9.18 Å². The Morgan fingerprint density at radius 2 is 1.51 bits per heavy atom. The van der Waals surface area contributed by atoms with Crippen LogP contribution in [0.2, 0.25) is 0 Å². The molecule has 0 aliphatic carbocycles. The molecule has 4 rings (SSSR count). The van der Waals surface area contributed by atoms with Gasteiger partial charge in [0.05, 0.1) is 12.6 Å². The van der Waals surface area contributed by atoms with Crippen molar-refractivity contribution in [3.05, 3.63) is 123 Å². The first-order chi connectivity index (χ1) is 17.7. The minimum atomic E-state index is -0.242. The fourth-order valence-electron chi connectivity index (χ4n) is 4.16. The van der Waals surface area contributed by atoms with Crippen LogP contribution in [0.1, 0.15) is 71.5 Å². The molecule has 0 spiro atoms. The Morgan fingerprint density at radius 3 is 2.11 bits per heavy atom. The number of halogens is 1. The highest BCUT2D eigenvalue weighted by molar-refractivity contribution is 7.09. The standard InChI is InChI=1S/C31H34FN3OS/c1-22(25-8-6-5-7-9-25)33-30(36)28-21-37-29(34-28)20-35(19-24-12-16-27(32)17-13-24)18-23-10-14-26(15-11-23)31(2,3)4/h5-17,21-22H,18-20H2,1-4H3,(H,33,36). The Morgan fingerprint density at radius 1 is 0.919 bits per heavy atom. The normalized spacial score (nSPS) is 12.5. The van der Waals surface area contributed by atoms with Crippen molar-refractivity contribution in [2.45, 2.75) is 58.8 Å². The van der Waals surface area contributed by atoms with Crippen molar-refractivity contribution in [1.29, 1.82) is 0 Å². The number of nitrogens with one attached hydrogen (secondary N) is 1. The highest BCUT2D eigenvalue weighted by atomic mass is 32.1. The highest BCUT2D eigenvalue weighted by Gasteiger charge is 2.18. The van der Waals surface area contributed by atoms with Gasteiger partial charge in [-0.25, -0.2) is 9.37 Å². The first-order valence-electron chi connectivity index (χ1n) is 12.5. The topological polar surface area (TPSA) is 45.2 Å². The smallest absolute Gasteiger partial charge is 0.271 e. The molecule has 1 atom stereocenters. The number of rotatable bonds is 9. The maximum Gasteiger partial charge on any atom is 0.271 e. The third-order valence-corrected chi connectivity index (χ3v) is 7.17. The number of thiazole rings is 1. The van der Waals surface area contributed by atoms with Gasteiger partial charge in [0.1, 0.15) is 16.5 Å². The van der Waals surface area contributed by atoms with Crippen LogP contribution >= 0.6 is 11.3 Å². The van der Waals surface area contributed by atoms with Crippen LogP contribution in [0.25, 0.3) is 0 Å². The molecule has 4 aromatic rings. The molecule has 1 N–H and O–H groups in total. The predicted octanol–water partition coefficient (Wildman–Crippen LogP) is 7.27. The number of carbonyl (C=O) groups is 1. The lowest BCUT2D eigenvalue weighted by Gasteiger charge is -2.23. The molecule has 6 heteroatoms. The molecule has 1 amide bonds. The quantitative estimate of drug-likeness (QED) is 0.255. The van der Waals surface area contributed by atoms with Crippen LogP contribution in [0.5, 0.6) is 0 Å². The van der Waals surface area contributed by atoms with E-state index in [2.05, 4.69) is 60.2 Å². The molecule has 0 saturated carbocycles. The predicted molar refractivity (Wildman–Crippen MR) is 149 cm³/mol. The van der Waals surface area contributed by atoms with Gasteiger partial charge < -0.3 is 5.32 Å². The summed E-state index contributed by atoms with van der Waals surface area (Å²) in [5.74, 6) is -0.421. The lowest BCUT2D eigenvalue weighted by molar-refractivity contribution is 0.0935. The molecule has 0 bridgehead atoms. The molecule has 0 aliphatic rings. The SMILES string of the molecule is CC(NC(=O)c1csc(CN(Cc2ccc(F)cc2)Cc2ccc(C(C)(C)C)cc2)n1)c1ccccc1. The largest absolute Gasteiger partial charge is 0.344 e. The van der Waals surface area contributed by atoms with Gasteiger partial charge in [0, 0.05) is 18.5 Å². The third-order valence-electron chi connectivity index (χ3n) is 6.34. The zero-order chi connectivity index (χ0) is 26.4. The van der Waals surface area contributed by atoms with E-state index in [1.807, 2.05) is 54.8 Å². The second-order valence-electron chi connectivity index (χ2n) is 10.5. The van der Waals surface area contributed by atoms with Crippen molar-refractivity contribution in [3.8, 4) is 0 Å². The molecule has 3 aromatic carbocycles. The van der Waals surface area contributed by atoms with E-state index in [9.17, 15) is 9.18 Å². The molecule has 1 unspecified atom stereocenters. The molecule has 192 valence electrons. The van der Waals surface area contributed by atoms with Crippen LogP contribution in [-0.2, 0) is 25.0 Å².